The number of nitriles is 1. The number of nitrogen functional groups attached to an aromatic ring is 1. The van der Waals surface area contributed by atoms with Gasteiger partial charge < -0.3 is 15.5 Å². The summed E-state index contributed by atoms with van der Waals surface area (Å²) in [5.41, 5.74) is 6.43. The third kappa shape index (κ3) is 2.94. The summed E-state index contributed by atoms with van der Waals surface area (Å²) >= 11 is 0. The fourth-order valence-electron chi connectivity index (χ4n) is 2.20. The van der Waals surface area contributed by atoms with E-state index >= 15 is 0 Å². The molecule has 0 aliphatic carbocycles. The van der Waals surface area contributed by atoms with Crippen LogP contribution in [0.2, 0.25) is 0 Å². The number of hydrogen-bond donors (Lipinski definition) is 1. The third-order valence-corrected chi connectivity index (χ3v) is 3.20. The molecule has 0 spiro atoms. The molecule has 6 heteroatoms. The monoisotopic (exact) mass is 259 g/mol. The Balaban J connectivity index is 2.09. The molecule has 6 nitrogen and oxygen atoms in total. The van der Waals surface area contributed by atoms with E-state index in [1.165, 1.54) is 6.20 Å². The number of likely N-dealkylation sites (tertiary alicyclic amines) is 1. The molecule has 0 saturated carbocycles. The van der Waals surface area contributed by atoms with Crippen LogP contribution in [-0.4, -0.2) is 42.5 Å². The van der Waals surface area contributed by atoms with Crippen molar-refractivity contribution in [1.82, 2.24) is 9.88 Å². The molecule has 1 fully saturated rings. The average molecular weight is 259 g/mol. The van der Waals surface area contributed by atoms with Crippen LogP contribution in [0.4, 0.5) is 11.5 Å². The molecule has 1 aromatic rings. The highest BCUT2D eigenvalue weighted by Gasteiger charge is 2.20. The van der Waals surface area contributed by atoms with Crippen LogP contribution in [0.3, 0.4) is 0 Å². The first-order valence-corrected chi connectivity index (χ1v) is 6.26. The van der Waals surface area contributed by atoms with E-state index in [1.54, 1.807) is 18.0 Å². The summed E-state index contributed by atoms with van der Waals surface area (Å²) in [5, 5.41) is 9.07. The zero-order chi connectivity index (χ0) is 13.8. The van der Waals surface area contributed by atoms with Crippen LogP contribution in [0.25, 0.3) is 0 Å². The number of nitrogens with two attached hydrogens (primary N) is 1. The number of aromatic nitrogens is 1. The van der Waals surface area contributed by atoms with Gasteiger partial charge in [0.15, 0.2) is 0 Å². The molecular weight excluding hydrogens is 242 g/mol. The molecule has 0 aromatic carbocycles. The molecule has 0 atom stereocenters. The maximum absolute atomic E-state index is 12.0. The van der Waals surface area contributed by atoms with Gasteiger partial charge in [0.2, 0.25) is 5.91 Å². The fourth-order valence-corrected chi connectivity index (χ4v) is 2.20. The average Bonchev–Trinajstić information content (AvgIpc) is 2.92. The van der Waals surface area contributed by atoms with Crippen LogP contribution in [0.1, 0.15) is 18.4 Å². The molecule has 0 radical (unpaired) electrons. The summed E-state index contributed by atoms with van der Waals surface area (Å²) in [6.07, 6.45) is 3.63. The summed E-state index contributed by atoms with van der Waals surface area (Å²) in [6, 6.07) is 3.62. The van der Waals surface area contributed by atoms with Gasteiger partial charge in [-0.3, -0.25) is 4.79 Å². The highest BCUT2D eigenvalue weighted by Crippen LogP contribution is 2.18. The van der Waals surface area contributed by atoms with Crippen LogP contribution in [0, 0.1) is 11.3 Å². The Morgan fingerprint density at radius 2 is 2.26 bits per heavy atom. The van der Waals surface area contributed by atoms with Gasteiger partial charge in [-0.25, -0.2) is 4.98 Å². The lowest BCUT2D eigenvalue weighted by atomic mass is 10.2. The molecule has 2 rings (SSSR count). The second-order valence-corrected chi connectivity index (χ2v) is 4.70. The normalized spacial score (nSPS) is 14.2. The summed E-state index contributed by atoms with van der Waals surface area (Å²) in [4.78, 5) is 19.7. The Kier molecular flexibility index (Phi) is 3.85. The van der Waals surface area contributed by atoms with E-state index in [4.69, 9.17) is 11.0 Å². The highest BCUT2D eigenvalue weighted by molar-refractivity contribution is 5.81. The van der Waals surface area contributed by atoms with Crippen LogP contribution in [0.5, 0.6) is 0 Å². The number of nitrogens with zero attached hydrogens (tertiary/aromatic N) is 4. The van der Waals surface area contributed by atoms with Gasteiger partial charge in [-0.1, -0.05) is 0 Å². The van der Waals surface area contributed by atoms with Crippen molar-refractivity contribution in [2.75, 3.05) is 37.3 Å². The summed E-state index contributed by atoms with van der Waals surface area (Å²) < 4.78 is 0. The molecule has 0 unspecified atom stereocenters. The minimum absolute atomic E-state index is 0.0718. The predicted octanol–water partition coefficient (Wildman–Crippen LogP) is 0.594. The van der Waals surface area contributed by atoms with Crippen molar-refractivity contribution in [3.05, 3.63) is 17.8 Å². The second kappa shape index (κ2) is 5.57. The lowest BCUT2D eigenvalue weighted by Gasteiger charge is -2.22. The van der Waals surface area contributed by atoms with Gasteiger partial charge in [0.05, 0.1) is 24.0 Å². The first kappa shape index (κ1) is 13.1. The maximum Gasteiger partial charge on any atom is 0.242 e. The van der Waals surface area contributed by atoms with E-state index in [1.807, 2.05) is 4.90 Å². The maximum atomic E-state index is 12.0. The van der Waals surface area contributed by atoms with Gasteiger partial charge in [-0.2, -0.15) is 5.26 Å². The minimum Gasteiger partial charge on any atom is -0.397 e. The largest absolute Gasteiger partial charge is 0.397 e. The van der Waals surface area contributed by atoms with E-state index in [0.717, 1.165) is 25.9 Å². The Morgan fingerprint density at radius 1 is 1.58 bits per heavy atom. The zero-order valence-corrected chi connectivity index (χ0v) is 11.0. The van der Waals surface area contributed by atoms with Crippen molar-refractivity contribution in [2.45, 2.75) is 12.8 Å². The Bertz CT molecular complexity index is 516. The van der Waals surface area contributed by atoms with Crippen LogP contribution >= 0.6 is 0 Å². The van der Waals surface area contributed by atoms with Crippen molar-refractivity contribution in [3.63, 3.8) is 0 Å². The number of carbonyl (C=O) groups is 1. The van der Waals surface area contributed by atoms with E-state index < -0.39 is 0 Å². The zero-order valence-electron chi connectivity index (χ0n) is 11.0. The topological polar surface area (TPSA) is 86.2 Å². The van der Waals surface area contributed by atoms with Gasteiger partial charge in [0.25, 0.3) is 0 Å². The molecule has 1 aromatic heterocycles. The van der Waals surface area contributed by atoms with Crippen molar-refractivity contribution in [3.8, 4) is 6.07 Å². The molecule has 0 bridgehead atoms. The summed E-state index contributed by atoms with van der Waals surface area (Å²) in [7, 11) is 1.76. The molecule has 1 saturated heterocycles. The lowest BCUT2D eigenvalue weighted by Crippen LogP contribution is -2.37. The second-order valence-electron chi connectivity index (χ2n) is 4.70. The minimum atomic E-state index is 0.0718. The number of carbonyl (C=O) groups excluding carboxylic acids is 1. The van der Waals surface area contributed by atoms with E-state index in [0.29, 0.717) is 17.1 Å². The number of hydrogen-bond acceptors (Lipinski definition) is 5. The molecule has 1 amide bonds. The quantitative estimate of drug-likeness (QED) is 0.858. The smallest absolute Gasteiger partial charge is 0.242 e. The van der Waals surface area contributed by atoms with Crippen LogP contribution < -0.4 is 10.6 Å². The van der Waals surface area contributed by atoms with Crippen molar-refractivity contribution < 1.29 is 4.79 Å². The highest BCUT2D eigenvalue weighted by atomic mass is 16.2. The SMILES string of the molecule is CN(CC(=O)N1CCCC1)c1ncc(N)cc1C#N. The van der Waals surface area contributed by atoms with E-state index in [9.17, 15) is 4.79 Å². The number of anilines is 2. The van der Waals surface area contributed by atoms with E-state index in [-0.39, 0.29) is 12.5 Å². The van der Waals surface area contributed by atoms with Crippen molar-refractivity contribution in [2.24, 2.45) is 0 Å². The van der Waals surface area contributed by atoms with Gasteiger partial charge in [0.1, 0.15) is 11.9 Å². The molecule has 2 heterocycles. The van der Waals surface area contributed by atoms with Gasteiger partial charge >= 0.3 is 0 Å². The van der Waals surface area contributed by atoms with Gasteiger partial charge in [-0.05, 0) is 18.9 Å². The standard InChI is InChI=1S/C13H17N5O/c1-17(9-12(19)18-4-2-3-5-18)13-10(7-14)6-11(15)8-16-13/h6,8H,2-5,9,15H2,1H3. The molecule has 1 aliphatic rings. The first-order valence-electron chi connectivity index (χ1n) is 6.26. The summed E-state index contributed by atoms with van der Waals surface area (Å²) in [6.45, 7) is 1.88. The molecule has 1 aliphatic heterocycles. The Morgan fingerprint density at radius 3 is 2.89 bits per heavy atom. The number of likely N-dealkylation sites (N-methyl/N-ethyl adjacent to an activating group) is 1. The van der Waals surface area contributed by atoms with Gasteiger partial charge in [0, 0.05) is 20.1 Å². The number of rotatable bonds is 3. The predicted molar refractivity (Wildman–Crippen MR) is 72.4 cm³/mol. The molecule has 100 valence electrons. The summed E-state index contributed by atoms with van der Waals surface area (Å²) in [5.74, 6) is 0.562. The van der Waals surface area contributed by atoms with Crippen LogP contribution in [-0.2, 0) is 4.79 Å². The lowest BCUT2D eigenvalue weighted by molar-refractivity contribution is -0.128. The Hall–Kier alpha value is -2.29. The molecular formula is C13H17N5O. The fraction of sp³-hybridized carbons (Fsp3) is 0.462. The Labute approximate surface area is 112 Å². The third-order valence-electron chi connectivity index (χ3n) is 3.20. The molecule has 19 heavy (non-hydrogen) atoms. The van der Waals surface area contributed by atoms with Gasteiger partial charge in [-0.15, -0.1) is 0 Å². The first-order chi connectivity index (χ1) is 9.11. The van der Waals surface area contributed by atoms with Crippen molar-refractivity contribution >= 4 is 17.4 Å². The van der Waals surface area contributed by atoms with E-state index in [2.05, 4.69) is 11.1 Å². The number of amides is 1. The van der Waals surface area contributed by atoms with Crippen LogP contribution in [0.15, 0.2) is 12.3 Å². The van der Waals surface area contributed by atoms with Crippen molar-refractivity contribution in [1.29, 1.82) is 5.26 Å². The number of pyridine rings is 1. The molecule has 2 N–H and O–H groups in total.